The minimum atomic E-state index is -0.485. The lowest BCUT2D eigenvalue weighted by molar-refractivity contribution is -0.384. The Kier molecular flexibility index (Phi) is 4.52. The number of non-ortho nitro benzene ring substituents is 1. The van der Waals surface area contributed by atoms with Crippen LogP contribution in [0.3, 0.4) is 0 Å². The van der Waals surface area contributed by atoms with E-state index in [2.05, 4.69) is 5.32 Å². The van der Waals surface area contributed by atoms with Crippen LogP contribution in [0.4, 0.5) is 11.4 Å². The number of nitro groups is 1. The van der Waals surface area contributed by atoms with E-state index in [4.69, 9.17) is 0 Å². The van der Waals surface area contributed by atoms with Crippen LogP contribution in [0.25, 0.3) is 0 Å². The number of likely N-dealkylation sites (tertiary alicyclic amines) is 1. The number of carbonyl (C=O) groups excluding carboxylic acids is 2. The van der Waals surface area contributed by atoms with E-state index in [1.54, 1.807) is 6.07 Å². The molecule has 1 N–H and O–H groups in total. The Balaban J connectivity index is 2.29. The molecular formula is C14H17N3O4. The van der Waals surface area contributed by atoms with Gasteiger partial charge in [0, 0.05) is 42.8 Å². The number of nitro benzene ring substituents is 1. The molecule has 0 aromatic heterocycles. The van der Waals surface area contributed by atoms with Crippen molar-refractivity contribution in [2.75, 3.05) is 11.9 Å². The van der Waals surface area contributed by atoms with Crippen LogP contribution < -0.4 is 5.32 Å². The summed E-state index contributed by atoms with van der Waals surface area (Å²) in [6.07, 6.45) is 1.33. The summed E-state index contributed by atoms with van der Waals surface area (Å²) in [4.78, 5) is 34.9. The monoisotopic (exact) mass is 291 g/mol. The molecule has 2 amide bonds. The van der Waals surface area contributed by atoms with Gasteiger partial charge in [0.1, 0.15) is 0 Å². The number of benzene rings is 1. The van der Waals surface area contributed by atoms with E-state index in [9.17, 15) is 19.7 Å². The van der Waals surface area contributed by atoms with Gasteiger partial charge in [0.25, 0.3) is 5.69 Å². The smallest absolute Gasteiger partial charge is 0.269 e. The molecule has 0 atom stereocenters. The number of anilines is 1. The van der Waals surface area contributed by atoms with Gasteiger partial charge in [-0.25, -0.2) is 0 Å². The molecule has 1 aromatic carbocycles. The van der Waals surface area contributed by atoms with E-state index in [-0.39, 0.29) is 36.9 Å². The number of nitrogens with one attached hydrogen (secondary N) is 1. The molecule has 1 aliphatic rings. The Morgan fingerprint density at radius 3 is 2.52 bits per heavy atom. The fourth-order valence-electron chi connectivity index (χ4n) is 2.23. The van der Waals surface area contributed by atoms with Crippen molar-refractivity contribution in [3.63, 3.8) is 0 Å². The third-order valence-corrected chi connectivity index (χ3v) is 3.35. The first kappa shape index (κ1) is 15.0. The summed E-state index contributed by atoms with van der Waals surface area (Å²) >= 11 is 0. The van der Waals surface area contributed by atoms with Crippen LogP contribution >= 0.6 is 0 Å². The molecule has 0 radical (unpaired) electrons. The first-order valence-corrected chi connectivity index (χ1v) is 6.87. The summed E-state index contributed by atoms with van der Waals surface area (Å²) < 4.78 is 0. The number of amides is 2. The Morgan fingerprint density at radius 2 is 1.95 bits per heavy atom. The van der Waals surface area contributed by atoms with E-state index < -0.39 is 4.92 Å². The van der Waals surface area contributed by atoms with Crippen LogP contribution in [0.5, 0.6) is 0 Å². The zero-order valence-corrected chi connectivity index (χ0v) is 11.8. The quantitative estimate of drug-likeness (QED) is 0.492. The molecule has 112 valence electrons. The predicted octanol–water partition coefficient (Wildman–Crippen LogP) is 2.07. The van der Waals surface area contributed by atoms with Crippen LogP contribution in [-0.2, 0) is 16.1 Å². The molecule has 1 saturated heterocycles. The summed E-state index contributed by atoms with van der Waals surface area (Å²) in [6, 6.07) is 4.44. The summed E-state index contributed by atoms with van der Waals surface area (Å²) in [7, 11) is 0. The highest BCUT2D eigenvalue weighted by atomic mass is 16.6. The van der Waals surface area contributed by atoms with Crippen molar-refractivity contribution in [1.29, 1.82) is 0 Å². The van der Waals surface area contributed by atoms with Crippen molar-refractivity contribution in [1.82, 2.24) is 4.90 Å². The first-order chi connectivity index (χ1) is 10.0. The zero-order chi connectivity index (χ0) is 15.4. The molecule has 1 aliphatic heterocycles. The Bertz CT molecular complexity index is 570. The minimum absolute atomic E-state index is 0.0499. The lowest BCUT2D eigenvalue weighted by Crippen LogP contribution is -2.28. The first-order valence-electron chi connectivity index (χ1n) is 6.87. The van der Waals surface area contributed by atoms with Gasteiger partial charge < -0.3 is 5.32 Å². The van der Waals surface area contributed by atoms with E-state index in [0.29, 0.717) is 12.1 Å². The maximum atomic E-state index is 11.7. The van der Waals surface area contributed by atoms with E-state index in [0.717, 1.165) is 17.0 Å². The highest BCUT2D eigenvalue weighted by Gasteiger charge is 2.29. The molecule has 0 aliphatic carbocycles. The highest BCUT2D eigenvalue weighted by Crippen LogP contribution is 2.25. The molecule has 0 saturated carbocycles. The lowest BCUT2D eigenvalue weighted by Gasteiger charge is -2.17. The van der Waals surface area contributed by atoms with E-state index >= 15 is 0 Å². The van der Waals surface area contributed by atoms with Gasteiger partial charge >= 0.3 is 0 Å². The van der Waals surface area contributed by atoms with Gasteiger partial charge in [-0.1, -0.05) is 6.92 Å². The number of hydrogen-bond donors (Lipinski definition) is 1. The maximum absolute atomic E-state index is 11.7. The molecule has 1 heterocycles. The highest BCUT2D eigenvalue weighted by molar-refractivity contribution is 6.01. The van der Waals surface area contributed by atoms with Crippen molar-refractivity contribution in [3.05, 3.63) is 33.9 Å². The number of hydrogen-bond acceptors (Lipinski definition) is 5. The van der Waals surface area contributed by atoms with Gasteiger partial charge in [0.15, 0.2) is 0 Å². The summed E-state index contributed by atoms with van der Waals surface area (Å²) in [5, 5.41) is 14.0. The van der Waals surface area contributed by atoms with Gasteiger partial charge in [-0.3, -0.25) is 24.6 Å². The fourth-order valence-corrected chi connectivity index (χ4v) is 2.23. The number of carbonyl (C=O) groups is 2. The second kappa shape index (κ2) is 6.34. The minimum Gasteiger partial charge on any atom is -0.385 e. The largest absolute Gasteiger partial charge is 0.385 e. The summed E-state index contributed by atoms with van der Waals surface area (Å²) in [6.45, 7) is 2.80. The van der Waals surface area contributed by atoms with Crippen LogP contribution in [-0.4, -0.2) is 28.2 Å². The van der Waals surface area contributed by atoms with E-state index in [1.165, 1.54) is 12.1 Å². The lowest BCUT2D eigenvalue weighted by atomic mass is 10.1. The van der Waals surface area contributed by atoms with Gasteiger partial charge in [-0.2, -0.15) is 0 Å². The van der Waals surface area contributed by atoms with Crippen molar-refractivity contribution in [3.8, 4) is 0 Å². The van der Waals surface area contributed by atoms with Crippen LogP contribution in [0.2, 0.25) is 0 Å². The molecule has 7 nitrogen and oxygen atoms in total. The van der Waals surface area contributed by atoms with Crippen molar-refractivity contribution in [2.24, 2.45) is 0 Å². The van der Waals surface area contributed by atoms with Gasteiger partial charge in [0.05, 0.1) is 11.5 Å². The fraction of sp³-hybridized carbons (Fsp3) is 0.429. The normalized spacial score (nSPS) is 14.6. The maximum Gasteiger partial charge on any atom is 0.269 e. The zero-order valence-electron chi connectivity index (χ0n) is 11.8. The van der Waals surface area contributed by atoms with Crippen molar-refractivity contribution in [2.45, 2.75) is 32.7 Å². The van der Waals surface area contributed by atoms with Crippen LogP contribution in [0, 0.1) is 10.1 Å². The second-order valence-electron chi connectivity index (χ2n) is 4.90. The molecule has 0 unspecified atom stereocenters. The number of imide groups is 1. The third-order valence-electron chi connectivity index (χ3n) is 3.35. The van der Waals surface area contributed by atoms with Crippen LogP contribution in [0.1, 0.15) is 31.7 Å². The molecule has 0 bridgehead atoms. The van der Waals surface area contributed by atoms with Crippen molar-refractivity contribution >= 4 is 23.2 Å². The van der Waals surface area contributed by atoms with Gasteiger partial charge in [-0.05, 0) is 12.5 Å². The van der Waals surface area contributed by atoms with E-state index in [1.807, 2.05) is 6.92 Å². The summed E-state index contributed by atoms with van der Waals surface area (Å²) in [5.41, 5.74) is 1.25. The van der Waals surface area contributed by atoms with Gasteiger partial charge in [0.2, 0.25) is 11.8 Å². The average Bonchev–Trinajstić information content (AvgIpc) is 2.77. The number of rotatable bonds is 6. The topological polar surface area (TPSA) is 92.6 Å². The molecule has 1 fully saturated rings. The molecule has 2 rings (SSSR count). The molecule has 21 heavy (non-hydrogen) atoms. The third kappa shape index (κ3) is 3.36. The second-order valence-corrected chi connectivity index (χ2v) is 4.90. The number of nitrogens with zero attached hydrogens (tertiary/aromatic N) is 2. The molecule has 0 spiro atoms. The van der Waals surface area contributed by atoms with Gasteiger partial charge in [-0.15, -0.1) is 0 Å². The molecular weight excluding hydrogens is 274 g/mol. The SMILES string of the molecule is CCCNc1ccc([N+](=O)[O-])cc1CN1C(=O)CCC1=O. The van der Waals surface area contributed by atoms with Crippen LogP contribution in [0.15, 0.2) is 18.2 Å². The molecule has 7 heteroatoms. The predicted molar refractivity (Wildman–Crippen MR) is 76.7 cm³/mol. The summed E-state index contributed by atoms with van der Waals surface area (Å²) in [5.74, 6) is -0.458. The van der Waals surface area contributed by atoms with Crippen molar-refractivity contribution < 1.29 is 14.5 Å². The Hall–Kier alpha value is -2.44. The Labute approximate surface area is 122 Å². The standard InChI is InChI=1S/C14H17N3O4/c1-2-7-15-12-4-3-11(17(20)21)8-10(12)9-16-13(18)5-6-14(16)19/h3-4,8,15H,2,5-7,9H2,1H3. The average molecular weight is 291 g/mol. The molecule has 1 aromatic rings. The Morgan fingerprint density at radius 1 is 1.29 bits per heavy atom.